The van der Waals surface area contributed by atoms with E-state index in [0.717, 1.165) is 0 Å². The lowest BCUT2D eigenvalue weighted by molar-refractivity contribution is -0.140. The average Bonchev–Trinajstić information content (AvgIpc) is 2.68. The SMILES string of the molecule is COc1cc(F)ccc1Nc1ccc(F)c([C@@]2(C)N=C(N)N(C)C(=O)C2(C)C)c1. The van der Waals surface area contributed by atoms with Crippen LogP contribution in [0.2, 0.25) is 0 Å². The van der Waals surface area contributed by atoms with Crippen molar-refractivity contribution in [1.82, 2.24) is 4.90 Å². The van der Waals surface area contributed by atoms with Crippen molar-refractivity contribution >= 4 is 23.2 Å². The maximum absolute atomic E-state index is 14.9. The van der Waals surface area contributed by atoms with E-state index in [1.54, 1.807) is 32.9 Å². The van der Waals surface area contributed by atoms with Crippen LogP contribution in [0.25, 0.3) is 0 Å². The molecule has 6 nitrogen and oxygen atoms in total. The van der Waals surface area contributed by atoms with Crippen LogP contribution in [0.15, 0.2) is 41.4 Å². The number of aliphatic imine (C=N–C) groups is 1. The minimum Gasteiger partial charge on any atom is -0.494 e. The minimum absolute atomic E-state index is 0.0230. The van der Waals surface area contributed by atoms with Crippen molar-refractivity contribution in [2.24, 2.45) is 16.1 Å². The second-order valence-electron chi connectivity index (χ2n) is 7.70. The van der Waals surface area contributed by atoms with Crippen molar-refractivity contribution in [1.29, 1.82) is 0 Å². The topological polar surface area (TPSA) is 80.0 Å². The second kappa shape index (κ2) is 7.02. The number of carbonyl (C=O) groups is 1. The van der Waals surface area contributed by atoms with Gasteiger partial charge in [-0.05, 0) is 51.1 Å². The molecule has 2 aromatic carbocycles. The maximum Gasteiger partial charge on any atom is 0.237 e. The highest BCUT2D eigenvalue weighted by molar-refractivity contribution is 6.01. The predicted molar refractivity (Wildman–Crippen MR) is 108 cm³/mol. The lowest BCUT2D eigenvalue weighted by Gasteiger charge is -2.46. The Kier molecular flexibility index (Phi) is 4.98. The van der Waals surface area contributed by atoms with E-state index in [2.05, 4.69) is 10.3 Å². The van der Waals surface area contributed by atoms with Crippen molar-refractivity contribution in [3.8, 4) is 5.75 Å². The summed E-state index contributed by atoms with van der Waals surface area (Å²) in [5.74, 6) is -0.874. The van der Waals surface area contributed by atoms with E-state index in [0.29, 0.717) is 17.1 Å². The fraction of sp³-hybridized carbons (Fsp3) is 0.333. The number of rotatable bonds is 4. The predicted octanol–water partition coefficient (Wildman–Crippen LogP) is 3.75. The van der Waals surface area contributed by atoms with Crippen LogP contribution in [-0.2, 0) is 10.3 Å². The fourth-order valence-electron chi connectivity index (χ4n) is 3.47. The monoisotopic (exact) mass is 402 g/mol. The number of hydrogen-bond acceptors (Lipinski definition) is 5. The molecule has 3 N–H and O–H groups in total. The van der Waals surface area contributed by atoms with Crippen molar-refractivity contribution in [2.45, 2.75) is 26.3 Å². The van der Waals surface area contributed by atoms with Crippen LogP contribution in [0, 0.1) is 17.0 Å². The van der Waals surface area contributed by atoms with Gasteiger partial charge in [0.1, 0.15) is 22.9 Å². The van der Waals surface area contributed by atoms with Gasteiger partial charge in [0.15, 0.2) is 5.96 Å². The number of nitrogens with one attached hydrogen (secondary N) is 1. The van der Waals surface area contributed by atoms with E-state index in [1.165, 1.54) is 43.3 Å². The molecule has 0 aliphatic carbocycles. The first-order valence-electron chi connectivity index (χ1n) is 9.05. The van der Waals surface area contributed by atoms with E-state index in [9.17, 15) is 13.6 Å². The quantitative estimate of drug-likeness (QED) is 0.816. The maximum atomic E-state index is 14.9. The van der Waals surface area contributed by atoms with Crippen molar-refractivity contribution in [3.05, 3.63) is 53.6 Å². The summed E-state index contributed by atoms with van der Waals surface area (Å²) in [4.78, 5) is 18.6. The van der Waals surface area contributed by atoms with Gasteiger partial charge in [-0.15, -0.1) is 0 Å². The third-order valence-corrected chi connectivity index (χ3v) is 5.67. The molecule has 1 atom stereocenters. The molecule has 2 aromatic rings. The molecule has 0 saturated carbocycles. The summed E-state index contributed by atoms with van der Waals surface area (Å²) >= 11 is 0. The Morgan fingerprint density at radius 2 is 1.83 bits per heavy atom. The van der Waals surface area contributed by atoms with Crippen molar-refractivity contribution in [3.63, 3.8) is 0 Å². The molecule has 1 amide bonds. The first-order chi connectivity index (χ1) is 13.5. The number of anilines is 2. The Labute approximate surface area is 168 Å². The van der Waals surface area contributed by atoms with Crippen LogP contribution in [0.3, 0.4) is 0 Å². The zero-order chi connectivity index (χ0) is 21.6. The average molecular weight is 402 g/mol. The molecule has 3 rings (SSSR count). The van der Waals surface area contributed by atoms with Gasteiger partial charge in [0, 0.05) is 24.4 Å². The van der Waals surface area contributed by atoms with Crippen LogP contribution in [-0.4, -0.2) is 30.9 Å². The van der Waals surface area contributed by atoms with E-state index in [-0.39, 0.29) is 17.4 Å². The number of ether oxygens (including phenoxy) is 1. The number of methoxy groups -OCH3 is 1. The van der Waals surface area contributed by atoms with Crippen LogP contribution in [0.4, 0.5) is 20.2 Å². The fourth-order valence-corrected chi connectivity index (χ4v) is 3.47. The number of guanidine groups is 1. The third kappa shape index (κ3) is 3.28. The van der Waals surface area contributed by atoms with Gasteiger partial charge in [-0.1, -0.05) is 0 Å². The summed E-state index contributed by atoms with van der Waals surface area (Å²) in [6.45, 7) is 5.11. The molecule has 0 unspecified atom stereocenters. The molecule has 0 aromatic heterocycles. The molecular formula is C21H24F2N4O2. The number of nitrogens with zero attached hydrogens (tertiary/aromatic N) is 2. The minimum atomic E-state index is -1.23. The summed E-state index contributed by atoms with van der Waals surface area (Å²) in [7, 11) is 2.97. The highest BCUT2D eigenvalue weighted by atomic mass is 19.1. The number of nitrogens with two attached hydrogens (primary N) is 1. The largest absolute Gasteiger partial charge is 0.494 e. The van der Waals surface area contributed by atoms with E-state index >= 15 is 0 Å². The van der Waals surface area contributed by atoms with Gasteiger partial charge >= 0.3 is 0 Å². The summed E-state index contributed by atoms with van der Waals surface area (Å²) in [5.41, 5.74) is 4.92. The smallest absolute Gasteiger partial charge is 0.237 e. The molecule has 0 fully saturated rings. The molecular weight excluding hydrogens is 378 g/mol. The summed E-state index contributed by atoms with van der Waals surface area (Å²) < 4.78 is 33.5. The Morgan fingerprint density at radius 3 is 2.48 bits per heavy atom. The number of benzene rings is 2. The Hall–Kier alpha value is -3.16. The standard InChI is InChI=1S/C21H24F2N4O2/c1-20(2)18(28)27(4)19(24)26-21(20,3)14-11-13(7-8-15(14)23)25-16-9-6-12(22)10-17(16)29-5/h6-11,25H,1-5H3,(H2,24,26)/t21-/m1/s1. The Bertz CT molecular complexity index is 1010. The lowest BCUT2D eigenvalue weighted by atomic mass is 9.67. The molecule has 0 bridgehead atoms. The molecule has 1 heterocycles. The molecule has 8 heteroatoms. The first-order valence-corrected chi connectivity index (χ1v) is 9.05. The van der Waals surface area contributed by atoms with Gasteiger partial charge in [-0.3, -0.25) is 9.69 Å². The third-order valence-electron chi connectivity index (χ3n) is 5.67. The summed E-state index contributed by atoms with van der Waals surface area (Å²) in [6.07, 6.45) is 0. The molecule has 154 valence electrons. The summed E-state index contributed by atoms with van der Waals surface area (Å²) in [6, 6.07) is 8.48. The van der Waals surface area contributed by atoms with E-state index < -0.39 is 22.6 Å². The molecule has 0 radical (unpaired) electrons. The van der Waals surface area contributed by atoms with Crippen LogP contribution < -0.4 is 15.8 Å². The lowest BCUT2D eigenvalue weighted by Crippen LogP contribution is -2.58. The highest BCUT2D eigenvalue weighted by Crippen LogP contribution is 2.47. The molecule has 0 spiro atoms. The van der Waals surface area contributed by atoms with Crippen molar-refractivity contribution in [2.75, 3.05) is 19.5 Å². The van der Waals surface area contributed by atoms with Gasteiger partial charge in [0.25, 0.3) is 0 Å². The molecule has 0 saturated heterocycles. The number of amides is 1. The van der Waals surface area contributed by atoms with Crippen LogP contribution in [0.5, 0.6) is 5.75 Å². The second-order valence-corrected chi connectivity index (χ2v) is 7.70. The number of halogens is 2. The van der Waals surface area contributed by atoms with Crippen LogP contribution >= 0.6 is 0 Å². The van der Waals surface area contributed by atoms with E-state index in [1.807, 2.05) is 0 Å². The molecule has 29 heavy (non-hydrogen) atoms. The van der Waals surface area contributed by atoms with Crippen LogP contribution in [0.1, 0.15) is 26.3 Å². The van der Waals surface area contributed by atoms with Gasteiger partial charge in [0.05, 0.1) is 18.2 Å². The zero-order valence-corrected chi connectivity index (χ0v) is 17.0. The van der Waals surface area contributed by atoms with Crippen molar-refractivity contribution < 1.29 is 18.3 Å². The zero-order valence-electron chi connectivity index (χ0n) is 17.0. The summed E-state index contributed by atoms with van der Waals surface area (Å²) in [5, 5.41) is 3.10. The van der Waals surface area contributed by atoms with Gasteiger partial charge in [0.2, 0.25) is 5.91 Å². The number of carbonyl (C=O) groups excluding carboxylic acids is 1. The molecule has 1 aliphatic heterocycles. The number of hydrogen-bond donors (Lipinski definition) is 2. The normalized spacial score (nSPS) is 21.0. The molecule has 1 aliphatic rings. The highest BCUT2D eigenvalue weighted by Gasteiger charge is 2.53. The van der Waals surface area contributed by atoms with Gasteiger partial charge in [-0.25, -0.2) is 13.8 Å². The van der Waals surface area contributed by atoms with Gasteiger partial charge in [-0.2, -0.15) is 0 Å². The Balaban J connectivity index is 2.09. The van der Waals surface area contributed by atoms with E-state index in [4.69, 9.17) is 10.5 Å². The first kappa shape index (κ1) is 20.6. The Morgan fingerprint density at radius 1 is 1.14 bits per heavy atom. The van der Waals surface area contributed by atoms with Gasteiger partial charge < -0.3 is 15.8 Å².